The molecule has 1 aliphatic carbocycles. The lowest BCUT2D eigenvalue weighted by Crippen LogP contribution is -2.13. The van der Waals surface area contributed by atoms with Gasteiger partial charge in [-0.1, -0.05) is 30.2 Å². The van der Waals surface area contributed by atoms with E-state index in [-0.39, 0.29) is 18.1 Å². The van der Waals surface area contributed by atoms with Crippen LogP contribution in [0.25, 0.3) is 0 Å². The molecule has 1 aromatic carbocycles. The summed E-state index contributed by atoms with van der Waals surface area (Å²) in [5.41, 5.74) is 2.62. The van der Waals surface area contributed by atoms with E-state index in [9.17, 15) is 4.79 Å². The Labute approximate surface area is 84.1 Å². The van der Waals surface area contributed by atoms with Gasteiger partial charge in [0.2, 0.25) is 0 Å². The summed E-state index contributed by atoms with van der Waals surface area (Å²) in [5, 5.41) is 0. The third kappa shape index (κ3) is 1.56. The highest BCUT2D eigenvalue weighted by Crippen LogP contribution is 2.27. The molecular weight excluding hydrogens is 172 g/mol. The minimum Gasteiger partial charge on any atom is -0.298 e. The predicted molar refractivity (Wildman–Crippen MR) is 55.8 cm³/mol. The lowest BCUT2D eigenvalue weighted by molar-refractivity contribution is -0.121. The molecule has 0 heterocycles. The molecule has 0 aromatic heterocycles. The fourth-order valence-corrected chi connectivity index (χ4v) is 2.03. The van der Waals surface area contributed by atoms with Gasteiger partial charge in [0.05, 0.1) is 6.42 Å². The Morgan fingerprint density at radius 3 is 2.43 bits per heavy atom. The van der Waals surface area contributed by atoms with Crippen molar-refractivity contribution in [3.05, 3.63) is 35.4 Å². The van der Waals surface area contributed by atoms with Gasteiger partial charge in [-0.25, -0.2) is 0 Å². The molecule has 0 unspecified atom stereocenters. The SMILES string of the molecule is C#CCC(=O)C1Cc2ccccc2C1. The second-order valence-electron chi connectivity index (χ2n) is 3.72. The summed E-state index contributed by atoms with van der Waals surface area (Å²) in [4.78, 5) is 11.6. The highest BCUT2D eigenvalue weighted by atomic mass is 16.1. The van der Waals surface area contributed by atoms with Crippen LogP contribution in [0.1, 0.15) is 17.5 Å². The van der Waals surface area contributed by atoms with E-state index >= 15 is 0 Å². The molecule has 0 bridgehead atoms. The van der Waals surface area contributed by atoms with Gasteiger partial charge in [-0.15, -0.1) is 6.42 Å². The summed E-state index contributed by atoms with van der Waals surface area (Å²) in [7, 11) is 0. The number of fused-ring (bicyclic) bond motifs is 1. The average molecular weight is 184 g/mol. The zero-order valence-electron chi connectivity index (χ0n) is 7.99. The summed E-state index contributed by atoms with van der Waals surface area (Å²) in [6.07, 6.45) is 7.15. The van der Waals surface area contributed by atoms with Crippen molar-refractivity contribution < 1.29 is 4.79 Å². The number of terminal acetylenes is 1. The van der Waals surface area contributed by atoms with Crippen molar-refractivity contribution in [3.8, 4) is 12.3 Å². The summed E-state index contributed by atoms with van der Waals surface area (Å²) in [5.74, 6) is 2.76. The van der Waals surface area contributed by atoms with Crippen LogP contribution in [-0.4, -0.2) is 5.78 Å². The van der Waals surface area contributed by atoms with E-state index in [1.807, 2.05) is 12.1 Å². The summed E-state index contributed by atoms with van der Waals surface area (Å²) in [6, 6.07) is 8.23. The van der Waals surface area contributed by atoms with Gasteiger partial charge in [-0.2, -0.15) is 0 Å². The van der Waals surface area contributed by atoms with E-state index in [1.165, 1.54) is 11.1 Å². The molecule has 0 N–H and O–H groups in total. The lowest BCUT2D eigenvalue weighted by Gasteiger charge is -2.03. The molecule has 0 saturated heterocycles. The minimum absolute atomic E-state index is 0.128. The molecule has 0 saturated carbocycles. The Balaban J connectivity index is 2.12. The van der Waals surface area contributed by atoms with E-state index in [1.54, 1.807) is 0 Å². The van der Waals surface area contributed by atoms with Crippen LogP contribution in [0.2, 0.25) is 0 Å². The van der Waals surface area contributed by atoms with Crippen LogP contribution < -0.4 is 0 Å². The monoisotopic (exact) mass is 184 g/mol. The number of rotatable bonds is 2. The maximum atomic E-state index is 11.6. The average Bonchev–Trinajstić information content (AvgIpc) is 2.61. The molecule has 1 heteroatoms. The van der Waals surface area contributed by atoms with E-state index in [4.69, 9.17) is 6.42 Å². The zero-order chi connectivity index (χ0) is 9.97. The summed E-state index contributed by atoms with van der Waals surface area (Å²) < 4.78 is 0. The van der Waals surface area contributed by atoms with Gasteiger partial charge >= 0.3 is 0 Å². The van der Waals surface area contributed by atoms with Crippen molar-refractivity contribution in [2.45, 2.75) is 19.3 Å². The van der Waals surface area contributed by atoms with Crippen LogP contribution in [0.3, 0.4) is 0 Å². The number of ketones is 1. The molecule has 0 amide bonds. The zero-order valence-corrected chi connectivity index (χ0v) is 7.99. The third-order valence-electron chi connectivity index (χ3n) is 2.78. The first-order chi connectivity index (χ1) is 6.81. The molecular formula is C13H12O. The van der Waals surface area contributed by atoms with E-state index in [0.717, 1.165) is 12.8 Å². The number of hydrogen-bond acceptors (Lipinski definition) is 1. The summed E-state index contributed by atoms with van der Waals surface area (Å²) in [6.45, 7) is 0. The Kier molecular flexibility index (Phi) is 2.37. The fourth-order valence-electron chi connectivity index (χ4n) is 2.03. The van der Waals surface area contributed by atoms with Gasteiger partial charge in [-0.3, -0.25) is 4.79 Å². The highest BCUT2D eigenvalue weighted by Gasteiger charge is 2.25. The molecule has 14 heavy (non-hydrogen) atoms. The van der Waals surface area contributed by atoms with Crippen LogP contribution in [0.15, 0.2) is 24.3 Å². The second-order valence-corrected chi connectivity index (χ2v) is 3.72. The van der Waals surface area contributed by atoms with Gasteiger partial charge in [0.1, 0.15) is 5.78 Å². The van der Waals surface area contributed by atoms with Crippen LogP contribution in [0.5, 0.6) is 0 Å². The lowest BCUT2D eigenvalue weighted by atomic mass is 9.99. The molecule has 0 aliphatic heterocycles. The Hall–Kier alpha value is -1.55. The van der Waals surface area contributed by atoms with Crippen molar-refractivity contribution in [3.63, 3.8) is 0 Å². The van der Waals surface area contributed by atoms with E-state index in [0.29, 0.717) is 0 Å². The normalized spacial score (nSPS) is 14.8. The van der Waals surface area contributed by atoms with Crippen molar-refractivity contribution in [1.82, 2.24) is 0 Å². The molecule has 0 radical (unpaired) electrons. The first kappa shape index (κ1) is 9.02. The maximum Gasteiger partial charge on any atom is 0.148 e. The molecule has 0 spiro atoms. The van der Waals surface area contributed by atoms with Crippen LogP contribution in [0.4, 0.5) is 0 Å². The quantitative estimate of drug-likeness (QED) is 0.642. The maximum absolute atomic E-state index is 11.6. The molecule has 2 rings (SSSR count). The van der Waals surface area contributed by atoms with Gasteiger partial charge in [0.15, 0.2) is 0 Å². The van der Waals surface area contributed by atoms with Gasteiger partial charge in [0.25, 0.3) is 0 Å². The number of carbonyl (C=O) groups excluding carboxylic acids is 1. The first-order valence-electron chi connectivity index (χ1n) is 4.84. The fraction of sp³-hybridized carbons (Fsp3) is 0.308. The molecule has 1 aromatic rings. The Bertz CT molecular complexity index is 373. The second kappa shape index (κ2) is 3.67. The molecule has 0 atom stereocenters. The standard InChI is InChI=1S/C13H12O/c1-2-5-13(14)12-8-10-6-3-4-7-11(10)9-12/h1,3-4,6-7,12H,5,8-9H2. The number of hydrogen-bond donors (Lipinski definition) is 0. The summed E-state index contributed by atoms with van der Waals surface area (Å²) >= 11 is 0. The largest absolute Gasteiger partial charge is 0.298 e. The van der Waals surface area contributed by atoms with Crippen molar-refractivity contribution >= 4 is 5.78 Å². The number of Topliss-reactive ketones (excluding diaryl/α,β-unsaturated/α-hetero) is 1. The predicted octanol–water partition coefficient (Wildman–Crippen LogP) is 1.99. The van der Waals surface area contributed by atoms with Crippen LogP contribution >= 0.6 is 0 Å². The topological polar surface area (TPSA) is 17.1 Å². The van der Waals surface area contributed by atoms with Crippen molar-refractivity contribution in [2.24, 2.45) is 5.92 Å². The molecule has 1 aliphatic rings. The van der Waals surface area contributed by atoms with Gasteiger partial charge < -0.3 is 0 Å². The minimum atomic E-state index is 0.128. The third-order valence-corrected chi connectivity index (χ3v) is 2.78. The Morgan fingerprint density at radius 1 is 1.36 bits per heavy atom. The van der Waals surface area contributed by atoms with Crippen LogP contribution in [-0.2, 0) is 17.6 Å². The number of carbonyl (C=O) groups is 1. The molecule has 70 valence electrons. The van der Waals surface area contributed by atoms with Gasteiger partial charge in [-0.05, 0) is 24.0 Å². The van der Waals surface area contributed by atoms with E-state index < -0.39 is 0 Å². The van der Waals surface area contributed by atoms with Crippen LogP contribution in [0, 0.1) is 18.3 Å². The van der Waals surface area contributed by atoms with Gasteiger partial charge in [0, 0.05) is 5.92 Å². The van der Waals surface area contributed by atoms with Crippen molar-refractivity contribution in [2.75, 3.05) is 0 Å². The van der Waals surface area contributed by atoms with Crippen molar-refractivity contribution in [1.29, 1.82) is 0 Å². The first-order valence-corrected chi connectivity index (χ1v) is 4.84. The number of benzene rings is 1. The molecule has 1 nitrogen and oxygen atoms in total. The van der Waals surface area contributed by atoms with E-state index in [2.05, 4.69) is 18.1 Å². The Morgan fingerprint density at radius 2 is 1.93 bits per heavy atom. The smallest absolute Gasteiger partial charge is 0.148 e. The highest BCUT2D eigenvalue weighted by molar-refractivity contribution is 5.84. The molecule has 0 fully saturated rings.